The molecule has 0 aliphatic carbocycles. The number of amides is 3. The number of Topliss-reactive ketones (excluding diaryl/α,β-unsaturated/α-hetero) is 1. The van der Waals surface area contributed by atoms with Crippen LogP contribution in [0.5, 0.6) is 0 Å². The largest absolute Gasteiger partial charge is 0.326 e. The highest BCUT2D eigenvalue weighted by molar-refractivity contribution is 5.98. The maximum absolute atomic E-state index is 12.5. The molecule has 0 saturated carbocycles. The summed E-state index contributed by atoms with van der Waals surface area (Å²) < 4.78 is 0. The molecule has 1 fully saturated rings. The Labute approximate surface area is 177 Å². The lowest BCUT2D eigenvalue weighted by atomic mass is 10.1. The molecule has 1 atom stereocenters. The average Bonchev–Trinajstić information content (AvgIpc) is 2.75. The topological polar surface area (TPSA) is 81.8 Å². The van der Waals surface area contributed by atoms with Gasteiger partial charge >= 0.3 is 6.03 Å². The predicted octanol–water partition coefficient (Wildman–Crippen LogP) is 2.74. The molecule has 158 valence electrons. The minimum atomic E-state index is -0.674. The number of nitrogens with one attached hydrogen (secondary N) is 2. The third-order valence-corrected chi connectivity index (χ3v) is 5.20. The Morgan fingerprint density at radius 1 is 0.933 bits per heavy atom. The molecule has 2 N–H and O–H groups in total. The van der Waals surface area contributed by atoms with Crippen molar-refractivity contribution in [3.8, 4) is 0 Å². The summed E-state index contributed by atoms with van der Waals surface area (Å²) in [4.78, 5) is 40.3. The molecule has 7 nitrogen and oxygen atoms in total. The van der Waals surface area contributed by atoms with Gasteiger partial charge in [0, 0.05) is 44.0 Å². The van der Waals surface area contributed by atoms with Gasteiger partial charge in [-0.25, -0.2) is 4.79 Å². The summed E-state index contributed by atoms with van der Waals surface area (Å²) in [5.74, 6) is -0.334. The van der Waals surface area contributed by atoms with Crippen LogP contribution in [0, 0.1) is 0 Å². The molecule has 7 heteroatoms. The molecule has 3 rings (SSSR count). The lowest BCUT2D eigenvalue weighted by Crippen LogP contribution is -2.54. The second-order valence-electron chi connectivity index (χ2n) is 7.54. The predicted molar refractivity (Wildman–Crippen MR) is 116 cm³/mol. The van der Waals surface area contributed by atoms with Crippen LogP contribution in [0.25, 0.3) is 0 Å². The second kappa shape index (κ2) is 10.0. The fourth-order valence-electron chi connectivity index (χ4n) is 3.33. The van der Waals surface area contributed by atoms with E-state index in [9.17, 15) is 14.4 Å². The zero-order chi connectivity index (χ0) is 21.5. The van der Waals surface area contributed by atoms with Gasteiger partial charge in [0.2, 0.25) is 5.91 Å². The van der Waals surface area contributed by atoms with Crippen LogP contribution in [-0.4, -0.2) is 59.7 Å². The van der Waals surface area contributed by atoms with Crippen molar-refractivity contribution in [1.29, 1.82) is 0 Å². The van der Waals surface area contributed by atoms with E-state index in [-0.39, 0.29) is 17.7 Å². The molecule has 1 heterocycles. The number of anilines is 1. The Morgan fingerprint density at radius 3 is 2.17 bits per heavy atom. The average molecular weight is 409 g/mol. The molecular weight excluding hydrogens is 380 g/mol. The van der Waals surface area contributed by atoms with Crippen LogP contribution in [0.3, 0.4) is 0 Å². The van der Waals surface area contributed by atoms with Crippen LogP contribution in [0.2, 0.25) is 0 Å². The highest BCUT2D eigenvalue weighted by atomic mass is 16.2. The number of carbonyl (C=O) groups excluding carboxylic acids is 3. The van der Waals surface area contributed by atoms with Gasteiger partial charge in [0.1, 0.15) is 6.04 Å². The first kappa shape index (κ1) is 21.5. The molecule has 2 aromatic carbocycles. The van der Waals surface area contributed by atoms with Gasteiger partial charge in [-0.1, -0.05) is 30.3 Å². The third-order valence-electron chi connectivity index (χ3n) is 5.20. The van der Waals surface area contributed by atoms with E-state index in [4.69, 9.17) is 0 Å². The number of nitrogens with zero attached hydrogens (tertiary/aromatic N) is 2. The molecule has 1 unspecified atom stereocenters. The maximum atomic E-state index is 12.5. The summed E-state index contributed by atoms with van der Waals surface area (Å²) in [5.41, 5.74) is 2.43. The first-order valence-electron chi connectivity index (χ1n) is 10.2. The quantitative estimate of drug-likeness (QED) is 0.720. The Balaban J connectivity index is 1.43. The number of hydrogen-bond donors (Lipinski definition) is 2. The molecule has 1 saturated heterocycles. The van der Waals surface area contributed by atoms with Crippen LogP contribution >= 0.6 is 0 Å². The SMILES string of the molecule is CC(=O)c1ccc(NC(=O)C(C)NC(=O)N2CCN(Cc3ccccc3)CC2)cc1. The van der Waals surface area contributed by atoms with Gasteiger partial charge in [-0.3, -0.25) is 14.5 Å². The Bertz CT molecular complexity index is 875. The normalized spacial score (nSPS) is 15.3. The van der Waals surface area contributed by atoms with Crippen molar-refractivity contribution in [3.63, 3.8) is 0 Å². The standard InChI is InChI=1S/C23H28N4O3/c1-17(22(29)25-21-10-8-20(9-11-21)18(2)28)24-23(30)27-14-12-26(13-15-27)16-19-6-4-3-5-7-19/h3-11,17H,12-16H2,1-2H3,(H,24,30)(H,25,29). The number of ketones is 1. The van der Waals surface area contributed by atoms with Crippen LogP contribution in [0.1, 0.15) is 29.8 Å². The van der Waals surface area contributed by atoms with Crippen molar-refractivity contribution in [2.75, 3.05) is 31.5 Å². The molecule has 0 radical (unpaired) electrons. The monoisotopic (exact) mass is 408 g/mol. The number of benzene rings is 2. The first-order chi connectivity index (χ1) is 14.4. The summed E-state index contributed by atoms with van der Waals surface area (Å²) in [6, 6.07) is 16.0. The molecule has 3 amide bonds. The highest BCUT2D eigenvalue weighted by Gasteiger charge is 2.24. The van der Waals surface area contributed by atoms with Gasteiger partial charge in [-0.2, -0.15) is 0 Å². The zero-order valence-corrected chi connectivity index (χ0v) is 17.4. The lowest BCUT2D eigenvalue weighted by molar-refractivity contribution is -0.117. The van der Waals surface area contributed by atoms with Crippen molar-refractivity contribution in [3.05, 3.63) is 65.7 Å². The zero-order valence-electron chi connectivity index (χ0n) is 17.4. The number of carbonyl (C=O) groups is 3. The van der Waals surface area contributed by atoms with Gasteiger partial charge in [-0.05, 0) is 43.7 Å². The molecule has 0 spiro atoms. The van der Waals surface area contributed by atoms with Gasteiger partial charge in [-0.15, -0.1) is 0 Å². The number of piperazine rings is 1. The van der Waals surface area contributed by atoms with E-state index in [0.717, 1.165) is 19.6 Å². The minimum Gasteiger partial charge on any atom is -0.326 e. The number of urea groups is 1. The van der Waals surface area contributed by atoms with E-state index in [1.165, 1.54) is 12.5 Å². The summed E-state index contributed by atoms with van der Waals surface area (Å²) in [5, 5.41) is 5.52. The van der Waals surface area contributed by atoms with Gasteiger partial charge in [0.15, 0.2) is 5.78 Å². The summed E-state index contributed by atoms with van der Waals surface area (Å²) in [6.45, 7) is 6.86. The van der Waals surface area contributed by atoms with Crippen LogP contribution < -0.4 is 10.6 Å². The molecule has 1 aliphatic rings. The van der Waals surface area contributed by atoms with E-state index in [1.54, 1.807) is 36.1 Å². The number of hydrogen-bond acceptors (Lipinski definition) is 4. The van der Waals surface area contributed by atoms with E-state index < -0.39 is 6.04 Å². The Kier molecular flexibility index (Phi) is 7.19. The third kappa shape index (κ3) is 5.90. The van der Waals surface area contributed by atoms with Gasteiger partial charge in [0.25, 0.3) is 0 Å². The summed E-state index contributed by atoms with van der Waals surface area (Å²) in [6.07, 6.45) is 0. The minimum absolute atomic E-state index is 0.0302. The fraction of sp³-hybridized carbons (Fsp3) is 0.348. The molecule has 2 aromatic rings. The highest BCUT2D eigenvalue weighted by Crippen LogP contribution is 2.11. The van der Waals surface area contributed by atoms with Crippen LogP contribution in [-0.2, 0) is 11.3 Å². The smallest absolute Gasteiger partial charge is 0.318 e. The first-order valence-corrected chi connectivity index (χ1v) is 10.2. The van der Waals surface area contributed by atoms with E-state index >= 15 is 0 Å². The molecule has 0 bridgehead atoms. The molecule has 1 aliphatic heterocycles. The Morgan fingerprint density at radius 2 is 1.57 bits per heavy atom. The van der Waals surface area contributed by atoms with Crippen molar-refractivity contribution in [1.82, 2.24) is 15.1 Å². The van der Waals surface area contributed by atoms with Crippen molar-refractivity contribution >= 4 is 23.4 Å². The van der Waals surface area contributed by atoms with E-state index in [1.807, 2.05) is 18.2 Å². The van der Waals surface area contributed by atoms with E-state index in [0.29, 0.717) is 24.3 Å². The van der Waals surface area contributed by atoms with Crippen molar-refractivity contribution < 1.29 is 14.4 Å². The van der Waals surface area contributed by atoms with E-state index in [2.05, 4.69) is 27.7 Å². The summed E-state index contributed by atoms with van der Waals surface area (Å²) in [7, 11) is 0. The van der Waals surface area contributed by atoms with Crippen LogP contribution in [0.4, 0.5) is 10.5 Å². The van der Waals surface area contributed by atoms with Gasteiger partial charge < -0.3 is 15.5 Å². The van der Waals surface area contributed by atoms with Gasteiger partial charge in [0.05, 0.1) is 0 Å². The van der Waals surface area contributed by atoms with Crippen molar-refractivity contribution in [2.24, 2.45) is 0 Å². The molecule has 30 heavy (non-hydrogen) atoms. The maximum Gasteiger partial charge on any atom is 0.318 e. The van der Waals surface area contributed by atoms with Crippen LogP contribution in [0.15, 0.2) is 54.6 Å². The Hall–Kier alpha value is -3.19. The second-order valence-corrected chi connectivity index (χ2v) is 7.54. The summed E-state index contributed by atoms with van der Waals surface area (Å²) >= 11 is 0. The fourth-order valence-corrected chi connectivity index (χ4v) is 3.33. The molecular formula is C23H28N4O3. The number of rotatable bonds is 6. The lowest BCUT2D eigenvalue weighted by Gasteiger charge is -2.35. The molecule has 0 aromatic heterocycles. The van der Waals surface area contributed by atoms with Crippen molar-refractivity contribution in [2.45, 2.75) is 26.4 Å².